The number of aliphatic hydroxyl groups is 2. The molecular weight excluding hydrogens is 186 g/mol. The second kappa shape index (κ2) is 6.58. The molecule has 0 aliphatic rings. The first-order valence-electron chi connectivity index (χ1n) is 4.52. The van der Waals surface area contributed by atoms with E-state index in [1.54, 1.807) is 6.92 Å². The fourth-order valence-corrected chi connectivity index (χ4v) is 0.858. The largest absolute Gasteiger partial charge is 0.409 e. The van der Waals surface area contributed by atoms with Crippen LogP contribution in [0.15, 0.2) is 5.16 Å². The third-order valence-corrected chi connectivity index (χ3v) is 1.76. The lowest BCUT2D eigenvalue weighted by molar-refractivity contribution is 0.00291. The van der Waals surface area contributed by atoms with Crippen LogP contribution in [0.1, 0.15) is 19.8 Å². The zero-order chi connectivity index (χ0) is 11.0. The minimum Gasteiger partial charge on any atom is -0.409 e. The fourth-order valence-electron chi connectivity index (χ4n) is 0.858. The SMILES string of the molecule is CC(O)(CO)CNCCCC(N)=NO. The summed E-state index contributed by atoms with van der Waals surface area (Å²) in [4.78, 5) is 0. The average molecular weight is 205 g/mol. The van der Waals surface area contributed by atoms with Gasteiger partial charge < -0.3 is 26.5 Å². The zero-order valence-electron chi connectivity index (χ0n) is 8.40. The molecule has 0 saturated heterocycles. The maximum Gasteiger partial charge on any atom is 0.139 e. The van der Waals surface area contributed by atoms with Gasteiger partial charge in [0.15, 0.2) is 0 Å². The molecule has 6 heteroatoms. The van der Waals surface area contributed by atoms with Gasteiger partial charge in [0, 0.05) is 13.0 Å². The van der Waals surface area contributed by atoms with Crippen molar-refractivity contribution in [3.63, 3.8) is 0 Å². The molecule has 6 N–H and O–H groups in total. The molecule has 0 amide bonds. The highest BCUT2D eigenvalue weighted by atomic mass is 16.4. The van der Waals surface area contributed by atoms with E-state index in [0.29, 0.717) is 19.5 Å². The molecule has 1 atom stereocenters. The van der Waals surface area contributed by atoms with E-state index in [2.05, 4.69) is 10.5 Å². The van der Waals surface area contributed by atoms with Gasteiger partial charge in [0.1, 0.15) is 5.84 Å². The van der Waals surface area contributed by atoms with E-state index in [1.807, 2.05) is 0 Å². The second-order valence-corrected chi connectivity index (χ2v) is 3.53. The van der Waals surface area contributed by atoms with E-state index in [0.717, 1.165) is 6.42 Å². The molecule has 0 rings (SSSR count). The van der Waals surface area contributed by atoms with Gasteiger partial charge >= 0.3 is 0 Å². The van der Waals surface area contributed by atoms with Crippen LogP contribution in [0.25, 0.3) is 0 Å². The summed E-state index contributed by atoms with van der Waals surface area (Å²) in [6.45, 7) is 2.23. The Kier molecular flexibility index (Phi) is 6.18. The standard InChI is InChI=1S/C8H19N3O3/c1-8(13,6-12)5-10-4-2-3-7(9)11-14/h10,12-14H,2-6H2,1H3,(H2,9,11). The van der Waals surface area contributed by atoms with Gasteiger partial charge in [0.05, 0.1) is 12.2 Å². The van der Waals surface area contributed by atoms with Crippen LogP contribution in [0.3, 0.4) is 0 Å². The molecule has 0 aromatic heterocycles. The van der Waals surface area contributed by atoms with Gasteiger partial charge in [-0.15, -0.1) is 0 Å². The van der Waals surface area contributed by atoms with Crippen molar-refractivity contribution in [1.82, 2.24) is 5.32 Å². The monoisotopic (exact) mass is 205 g/mol. The molecule has 6 nitrogen and oxygen atoms in total. The van der Waals surface area contributed by atoms with E-state index >= 15 is 0 Å². The predicted octanol–water partition coefficient (Wildman–Crippen LogP) is -1.15. The topological polar surface area (TPSA) is 111 Å². The fraction of sp³-hybridized carbons (Fsp3) is 0.875. The molecule has 0 saturated carbocycles. The minimum atomic E-state index is -1.09. The van der Waals surface area contributed by atoms with Gasteiger partial charge in [-0.1, -0.05) is 5.16 Å². The molecule has 0 aliphatic heterocycles. The van der Waals surface area contributed by atoms with Crippen molar-refractivity contribution >= 4 is 5.84 Å². The van der Waals surface area contributed by atoms with Gasteiger partial charge in [-0.3, -0.25) is 0 Å². The predicted molar refractivity (Wildman–Crippen MR) is 53.2 cm³/mol. The van der Waals surface area contributed by atoms with Gasteiger partial charge in [-0.25, -0.2) is 0 Å². The molecule has 0 aliphatic carbocycles. The van der Waals surface area contributed by atoms with E-state index in [4.69, 9.17) is 16.0 Å². The Morgan fingerprint density at radius 3 is 2.71 bits per heavy atom. The van der Waals surface area contributed by atoms with Crippen LogP contribution >= 0.6 is 0 Å². The highest BCUT2D eigenvalue weighted by Gasteiger charge is 2.17. The lowest BCUT2D eigenvalue weighted by Crippen LogP contribution is -2.41. The second-order valence-electron chi connectivity index (χ2n) is 3.53. The van der Waals surface area contributed by atoms with E-state index < -0.39 is 5.60 Å². The summed E-state index contributed by atoms with van der Waals surface area (Å²) >= 11 is 0. The Labute approximate surface area is 83.4 Å². The molecule has 0 aromatic carbocycles. The smallest absolute Gasteiger partial charge is 0.139 e. The first-order valence-corrected chi connectivity index (χ1v) is 4.52. The number of hydrogen-bond donors (Lipinski definition) is 5. The van der Waals surface area contributed by atoms with Crippen molar-refractivity contribution in [3.8, 4) is 0 Å². The van der Waals surface area contributed by atoms with Gasteiger partial charge in [-0.2, -0.15) is 0 Å². The van der Waals surface area contributed by atoms with Crippen LogP contribution < -0.4 is 11.1 Å². The number of aliphatic hydroxyl groups excluding tert-OH is 1. The minimum absolute atomic E-state index is 0.195. The number of nitrogens with two attached hydrogens (primary N) is 1. The van der Waals surface area contributed by atoms with Crippen molar-refractivity contribution in [2.45, 2.75) is 25.4 Å². The molecule has 0 spiro atoms. The van der Waals surface area contributed by atoms with Gasteiger partial charge in [0.2, 0.25) is 0 Å². The van der Waals surface area contributed by atoms with Crippen LogP contribution in [0, 0.1) is 0 Å². The molecule has 0 bridgehead atoms. The number of rotatable bonds is 7. The van der Waals surface area contributed by atoms with Crippen molar-refractivity contribution in [3.05, 3.63) is 0 Å². The van der Waals surface area contributed by atoms with Crippen molar-refractivity contribution < 1.29 is 15.4 Å². The van der Waals surface area contributed by atoms with Crippen molar-refractivity contribution in [2.75, 3.05) is 19.7 Å². The Morgan fingerprint density at radius 1 is 1.57 bits per heavy atom. The summed E-state index contributed by atoms with van der Waals surface area (Å²) in [5.41, 5.74) is 4.16. The summed E-state index contributed by atoms with van der Waals surface area (Å²) in [6.07, 6.45) is 1.22. The maximum absolute atomic E-state index is 9.38. The van der Waals surface area contributed by atoms with E-state index in [1.165, 1.54) is 0 Å². The number of amidine groups is 1. The third-order valence-electron chi connectivity index (χ3n) is 1.76. The first-order chi connectivity index (χ1) is 6.52. The lowest BCUT2D eigenvalue weighted by atomic mass is 10.1. The molecule has 0 heterocycles. The molecule has 1 unspecified atom stereocenters. The molecular formula is C8H19N3O3. The van der Waals surface area contributed by atoms with Crippen LogP contribution in [0.4, 0.5) is 0 Å². The van der Waals surface area contributed by atoms with Crippen molar-refractivity contribution in [2.24, 2.45) is 10.9 Å². The van der Waals surface area contributed by atoms with E-state index in [9.17, 15) is 5.11 Å². The number of hydrogen-bond acceptors (Lipinski definition) is 5. The van der Waals surface area contributed by atoms with Crippen LogP contribution in [-0.2, 0) is 0 Å². The van der Waals surface area contributed by atoms with Gasteiger partial charge in [-0.05, 0) is 19.9 Å². The van der Waals surface area contributed by atoms with Gasteiger partial charge in [0.25, 0.3) is 0 Å². The summed E-state index contributed by atoms with van der Waals surface area (Å²) < 4.78 is 0. The number of oxime groups is 1. The van der Waals surface area contributed by atoms with Crippen LogP contribution in [0.2, 0.25) is 0 Å². The summed E-state index contributed by atoms with van der Waals surface area (Å²) in [6, 6.07) is 0. The Morgan fingerprint density at radius 2 is 2.21 bits per heavy atom. The molecule has 0 aromatic rings. The third kappa shape index (κ3) is 6.64. The highest BCUT2D eigenvalue weighted by Crippen LogP contribution is 1.98. The normalized spacial score (nSPS) is 16.6. The zero-order valence-corrected chi connectivity index (χ0v) is 8.40. The number of nitrogens with one attached hydrogen (secondary N) is 1. The van der Waals surface area contributed by atoms with E-state index in [-0.39, 0.29) is 12.4 Å². The Bertz CT molecular complexity index is 183. The average Bonchev–Trinajstić information content (AvgIpc) is 2.17. The Hall–Kier alpha value is -0.850. The molecule has 0 radical (unpaired) electrons. The Balaban J connectivity index is 3.39. The summed E-state index contributed by atoms with van der Waals surface area (Å²) in [7, 11) is 0. The maximum atomic E-state index is 9.38. The van der Waals surface area contributed by atoms with Crippen molar-refractivity contribution in [1.29, 1.82) is 0 Å². The summed E-state index contributed by atoms with van der Waals surface area (Å²) in [5, 5.41) is 32.1. The highest BCUT2D eigenvalue weighted by molar-refractivity contribution is 5.79. The van der Waals surface area contributed by atoms with Crippen LogP contribution in [0.5, 0.6) is 0 Å². The number of nitrogens with zero attached hydrogens (tertiary/aromatic N) is 1. The molecule has 14 heavy (non-hydrogen) atoms. The molecule has 84 valence electrons. The molecule has 0 fully saturated rings. The van der Waals surface area contributed by atoms with Crippen LogP contribution in [-0.4, -0.2) is 46.6 Å². The summed E-state index contributed by atoms with van der Waals surface area (Å²) in [5.74, 6) is 0.195. The lowest BCUT2D eigenvalue weighted by Gasteiger charge is -2.20. The first kappa shape index (κ1) is 13.2. The quantitative estimate of drug-likeness (QED) is 0.118.